The zero-order valence-electron chi connectivity index (χ0n) is 11.4. The summed E-state index contributed by atoms with van der Waals surface area (Å²) >= 11 is 0. The molecule has 0 amide bonds. The van der Waals surface area contributed by atoms with Crippen LogP contribution in [0.2, 0.25) is 0 Å². The second-order valence-electron chi connectivity index (χ2n) is 5.16. The maximum Gasteiger partial charge on any atom is 0.0965 e. The average molecular weight is 237 g/mol. The van der Waals surface area contributed by atoms with E-state index >= 15 is 0 Å². The fourth-order valence-corrected chi connectivity index (χ4v) is 2.49. The van der Waals surface area contributed by atoms with Crippen LogP contribution in [0.15, 0.2) is 0 Å². The molecule has 0 radical (unpaired) electrons. The maximum atomic E-state index is 9.07. The molecule has 0 spiro atoms. The van der Waals surface area contributed by atoms with Gasteiger partial charge in [-0.15, -0.1) is 0 Å². The van der Waals surface area contributed by atoms with Gasteiger partial charge >= 0.3 is 0 Å². The van der Waals surface area contributed by atoms with Crippen molar-refractivity contribution in [2.45, 2.75) is 64.5 Å². The second-order valence-corrected chi connectivity index (χ2v) is 5.16. The van der Waals surface area contributed by atoms with Gasteiger partial charge in [0, 0.05) is 12.6 Å². The lowest BCUT2D eigenvalue weighted by Crippen LogP contribution is -2.38. The number of likely N-dealkylation sites (tertiary alicyclic amines) is 1. The molecule has 0 aliphatic carbocycles. The number of rotatable bonds is 6. The molecule has 1 N–H and O–H groups in total. The van der Waals surface area contributed by atoms with E-state index in [1.165, 1.54) is 32.2 Å². The van der Waals surface area contributed by atoms with Gasteiger partial charge in [0.25, 0.3) is 0 Å². The highest BCUT2D eigenvalue weighted by Crippen LogP contribution is 2.16. The summed E-state index contributed by atoms with van der Waals surface area (Å²) < 4.78 is 0. The lowest BCUT2D eigenvalue weighted by Gasteiger charge is -2.27. The molecule has 1 rings (SSSR count). The third-order valence-corrected chi connectivity index (χ3v) is 3.69. The average Bonchev–Trinajstić information content (AvgIpc) is 2.55. The molecule has 2 unspecified atom stereocenters. The maximum absolute atomic E-state index is 9.07. The van der Waals surface area contributed by atoms with Gasteiger partial charge in [0.1, 0.15) is 0 Å². The molecule has 0 aromatic heterocycles. The number of nitrogens with zero attached hydrogens (tertiary/aromatic N) is 2. The molecular formula is C14H27N3. The van der Waals surface area contributed by atoms with Gasteiger partial charge in [0.2, 0.25) is 0 Å². The molecular weight excluding hydrogens is 210 g/mol. The first kappa shape index (κ1) is 14.5. The molecule has 1 heterocycles. The molecule has 0 bridgehead atoms. The van der Waals surface area contributed by atoms with E-state index in [-0.39, 0.29) is 6.04 Å². The van der Waals surface area contributed by atoms with Crippen LogP contribution in [0.1, 0.15) is 52.4 Å². The van der Waals surface area contributed by atoms with Crippen LogP contribution in [0, 0.1) is 11.3 Å². The van der Waals surface area contributed by atoms with Crippen molar-refractivity contribution < 1.29 is 0 Å². The number of nitriles is 1. The van der Waals surface area contributed by atoms with E-state index in [1.807, 2.05) is 0 Å². The Balaban J connectivity index is 2.29. The molecule has 0 aromatic rings. The first-order valence-corrected chi connectivity index (χ1v) is 7.15. The minimum atomic E-state index is 0.0328. The fraction of sp³-hybridized carbons (Fsp3) is 0.929. The van der Waals surface area contributed by atoms with Gasteiger partial charge in [0.15, 0.2) is 0 Å². The van der Waals surface area contributed by atoms with Crippen LogP contribution in [-0.2, 0) is 0 Å². The lowest BCUT2D eigenvalue weighted by molar-refractivity contribution is 0.206. The van der Waals surface area contributed by atoms with Crippen LogP contribution in [0.25, 0.3) is 0 Å². The largest absolute Gasteiger partial charge is 0.302 e. The zero-order valence-corrected chi connectivity index (χ0v) is 11.4. The number of hydrogen-bond acceptors (Lipinski definition) is 3. The second kappa shape index (κ2) is 8.49. The van der Waals surface area contributed by atoms with E-state index < -0.39 is 0 Å². The van der Waals surface area contributed by atoms with Gasteiger partial charge in [-0.3, -0.25) is 0 Å². The minimum Gasteiger partial charge on any atom is -0.302 e. The van der Waals surface area contributed by atoms with E-state index in [0.29, 0.717) is 6.04 Å². The van der Waals surface area contributed by atoms with Crippen LogP contribution in [0.4, 0.5) is 0 Å². The molecule has 1 fully saturated rings. The van der Waals surface area contributed by atoms with Crippen molar-refractivity contribution in [3.63, 3.8) is 0 Å². The molecule has 1 saturated heterocycles. The highest BCUT2D eigenvalue weighted by atomic mass is 15.1. The van der Waals surface area contributed by atoms with Crippen LogP contribution in [0.5, 0.6) is 0 Å². The van der Waals surface area contributed by atoms with Crippen molar-refractivity contribution in [2.24, 2.45) is 0 Å². The highest BCUT2D eigenvalue weighted by Gasteiger charge is 2.17. The van der Waals surface area contributed by atoms with Gasteiger partial charge < -0.3 is 10.2 Å². The Hall–Kier alpha value is -0.590. The zero-order chi connectivity index (χ0) is 12.5. The summed E-state index contributed by atoms with van der Waals surface area (Å²) in [5, 5.41) is 12.4. The van der Waals surface area contributed by atoms with Crippen molar-refractivity contribution >= 4 is 0 Å². The number of nitrogens with one attached hydrogen (secondary N) is 1. The first-order valence-electron chi connectivity index (χ1n) is 7.15. The van der Waals surface area contributed by atoms with Gasteiger partial charge in [-0.25, -0.2) is 0 Å². The third kappa shape index (κ3) is 5.52. The van der Waals surface area contributed by atoms with Crippen molar-refractivity contribution in [2.75, 3.05) is 19.6 Å². The van der Waals surface area contributed by atoms with Crippen LogP contribution >= 0.6 is 0 Å². The lowest BCUT2D eigenvalue weighted by atomic mass is 10.1. The summed E-state index contributed by atoms with van der Waals surface area (Å²) in [5.41, 5.74) is 0. The van der Waals surface area contributed by atoms with Crippen molar-refractivity contribution in [1.29, 1.82) is 5.26 Å². The predicted molar refractivity (Wildman–Crippen MR) is 71.8 cm³/mol. The van der Waals surface area contributed by atoms with Gasteiger partial charge in [-0.05, 0) is 45.7 Å². The predicted octanol–water partition coefficient (Wildman–Crippen LogP) is 2.53. The van der Waals surface area contributed by atoms with Gasteiger partial charge in [-0.2, -0.15) is 5.26 Å². The monoisotopic (exact) mass is 237 g/mol. The summed E-state index contributed by atoms with van der Waals surface area (Å²) in [4.78, 5) is 2.56. The summed E-state index contributed by atoms with van der Waals surface area (Å²) in [6.45, 7) is 7.70. The molecule has 2 atom stereocenters. The highest BCUT2D eigenvalue weighted by molar-refractivity contribution is 4.90. The summed E-state index contributed by atoms with van der Waals surface area (Å²) in [6.07, 6.45) is 7.44. The molecule has 1 aliphatic heterocycles. The SMILES string of the molecule is CCCNC(C#N)CCN1CCCCCC1C. The van der Waals surface area contributed by atoms with E-state index in [4.69, 9.17) is 5.26 Å². The first-order chi connectivity index (χ1) is 8.27. The molecule has 3 heteroatoms. The summed E-state index contributed by atoms with van der Waals surface area (Å²) in [7, 11) is 0. The standard InChI is InChI=1S/C14H27N3/c1-3-9-16-14(12-15)8-11-17-10-6-4-5-7-13(17)2/h13-14,16H,3-11H2,1-2H3. The molecule has 0 saturated carbocycles. The van der Waals surface area contributed by atoms with Crippen LogP contribution in [0.3, 0.4) is 0 Å². The van der Waals surface area contributed by atoms with Crippen LogP contribution < -0.4 is 5.32 Å². The number of hydrogen-bond donors (Lipinski definition) is 1. The van der Waals surface area contributed by atoms with Crippen LogP contribution in [-0.4, -0.2) is 36.6 Å². The Morgan fingerprint density at radius 2 is 2.24 bits per heavy atom. The topological polar surface area (TPSA) is 39.1 Å². The van der Waals surface area contributed by atoms with E-state index in [2.05, 4.69) is 30.1 Å². The molecule has 98 valence electrons. The summed E-state index contributed by atoms with van der Waals surface area (Å²) in [6, 6.07) is 3.10. The van der Waals surface area contributed by atoms with E-state index in [9.17, 15) is 0 Å². The Kier molecular flexibility index (Phi) is 7.23. The molecule has 3 nitrogen and oxygen atoms in total. The normalized spacial score (nSPS) is 23.9. The molecule has 0 aromatic carbocycles. The van der Waals surface area contributed by atoms with Crippen molar-refractivity contribution in [3.8, 4) is 6.07 Å². The Bertz CT molecular complexity index is 234. The minimum absolute atomic E-state index is 0.0328. The van der Waals surface area contributed by atoms with Gasteiger partial charge in [0.05, 0.1) is 12.1 Å². The Morgan fingerprint density at radius 3 is 2.94 bits per heavy atom. The molecule has 17 heavy (non-hydrogen) atoms. The Morgan fingerprint density at radius 1 is 1.41 bits per heavy atom. The van der Waals surface area contributed by atoms with E-state index in [0.717, 1.165) is 25.9 Å². The quantitative estimate of drug-likeness (QED) is 0.771. The van der Waals surface area contributed by atoms with Crippen molar-refractivity contribution in [1.82, 2.24) is 10.2 Å². The van der Waals surface area contributed by atoms with Crippen molar-refractivity contribution in [3.05, 3.63) is 0 Å². The fourth-order valence-electron chi connectivity index (χ4n) is 2.49. The smallest absolute Gasteiger partial charge is 0.0965 e. The third-order valence-electron chi connectivity index (χ3n) is 3.69. The van der Waals surface area contributed by atoms with E-state index in [1.54, 1.807) is 0 Å². The van der Waals surface area contributed by atoms with Gasteiger partial charge in [-0.1, -0.05) is 19.8 Å². The summed E-state index contributed by atoms with van der Waals surface area (Å²) in [5.74, 6) is 0. The Labute approximate surface area is 106 Å². The molecule has 1 aliphatic rings.